The Morgan fingerprint density at radius 1 is 1.50 bits per heavy atom. The number of rotatable bonds is 5. The van der Waals surface area contributed by atoms with Crippen LogP contribution >= 0.6 is 0 Å². The van der Waals surface area contributed by atoms with E-state index in [4.69, 9.17) is 9.47 Å². The van der Waals surface area contributed by atoms with Gasteiger partial charge in [-0.05, 0) is 6.92 Å². The molecule has 1 rings (SSSR count). The van der Waals surface area contributed by atoms with Gasteiger partial charge in [0.15, 0.2) is 5.75 Å². The van der Waals surface area contributed by atoms with E-state index in [0.29, 0.717) is 19.8 Å². The maximum Gasteiger partial charge on any atom is 0.294 e. The van der Waals surface area contributed by atoms with Gasteiger partial charge in [-0.3, -0.25) is 4.79 Å². The van der Waals surface area contributed by atoms with Crippen LogP contribution in [0.25, 0.3) is 0 Å². The van der Waals surface area contributed by atoms with Gasteiger partial charge >= 0.3 is 0 Å². The Kier molecular flexibility index (Phi) is 4.00. The third-order valence-electron chi connectivity index (χ3n) is 1.59. The molecule has 0 unspecified atom stereocenters. The number of aromatic amines is 1. The minimum atomic E-state index is -0.557. The van der Waals surface area contributed by atoms with Crippen LogP contribution in [0.3, 0.4) is 0 Å². The summed E-state index contributed by atoms with van der Waals surface area (Å²) in [5.74, 6) is -0.225. The van der Waals surface area contributed by atoms with Crippen LogP contribution in [0.1, 0.15) is 6.92 Å². The van der Waals surface area contributed by atoms with Gasteiger partial charge in [0.25, 0.3) is 5.56 Å². The molecule has 0 amide bonds. The van der Waals surface area contributed by atoms with E-state index in [2.05, 4.69) is 4.98 Å². The summed E-state index contributed by atoms with van der Waals surface area (Å²) in [6.45, 7) is 3.24. The minimum Gasteiger partial charge on any atom is -0.500 e. The Morgan fingerprint density at radius 3 is 3.00 bits per heavy atom. The van der Waals surface area contributed by atoms with Crippen molar-refractivity contribution in [2.75, 3.05) is 19.8 Å². The number of nitrogens with one attached hydrogen (secondary N) is 1. The largest absolute Gasteiger partial charge is 0.500 e. The summed E-state index contributed by atoms with van der Waals surface area (Å²) < 4.78 is 10.2. The van der Waals surface area contributed by atoms with Crippen LogP contribution in [-0.4, -0.2) is 29.9 Å². The Labute approximate surface area is 81.3 Å². The van der Waals surface area contributed by atoms with E-state index in [-0.39, 0.29) is 5.75 Å². The molecule has 1 heterocycles. The molecule has 0 aromatic carbocycles. The van der Waals surface area contributed by atoms with Gasteiger partial charge in [-0.1, -0.05) is 0 Å². The molecule has 78 valence electrons. The van der Waals surface area contributed by atoms with E-state index in [1.165, 1.54) is 12.3 Å². The highest BCUT2D eigenvalue weighted by Crippen LogP contribution is 2.18. The number of ether oxygens (including phenoxy) is 2. The zero-order valence-corrected chi connectivity index (χ0v) is 7.95. The lowest BCUT2D eigenvalue weighted by molar-refractivity contribution is 0.109. The van der Waals surface area contributed by atoms with E-state index < -0.39 is 11.3 Å². The molecule has 1 aromatic heterocycles. The van der Waals surface area contributed by atoms with Gasteiger partial charge in [-0.2, -0.15) is 0 Å². The summed E-state index contributed by atoms with van der Waals surface area (Å²) in [4.78, 5) is 13.2. The van der Waals surface area contributed by atoms with Crippen molar-refractivity contribution in [2.45, 2.75) is 6.92 Å². The fourth-order valence-electron chi connectivity index (χ4n) is 0.924. The molecule has 5 heteroatoms. The maximum absolute atomic E-state index is 10.9. The molecular formula is C9H13NO4. The minimum absolute atomic E-state index is 0.174. The Balaban J connectivity index is 2.51. The fraction of sp³-hybridized carbons (Fsp3) is 0.444. The topological polar surface area (TPSA) is 71.5 Å². The predicted molar refractivity (Wildman–Crippen MR) is 50.7 cm³/mol. The molecule has 0 spiro atoms. The van der Waals surface area contributed by atoms with E-state index >= 15 is 0 Å². The van der Waals surface area contributed by atoms with Gasteiger partial charge < -0.3 is 19.6 Å². The normalized spacial score (nSPS) is 10.1. The van der Waals surface area contributed by atoms with Crippen molar-refractivity contribution >= 4 is 0 Å². The molecule has 0 atom stereocenters. The summed E-state index contributed by atoms with van der Waals surface area (Å²) in [7, 11) is 0. The lowest BCUT2D eigenvalue weighted by atomic mass is 10.4. The van der Waals surface area contributed by atoms with Gasteiger partial charge in [-0.25, -0.2) is 0 Å². The molecule has 5 nitrogen and oxygen atoms in total. The fourth-order valence-corrected chi connectivity index (χ4v) is 0.924. The second-order valence-electron chi connectivity index (χ2n) is 2.57. The van der Waals surface area contributed by atoms with Gasteiger partial charge in [0.1, 0.15) is 6.61 Å². The summed E-state index contributed by atoms with van der Waals surface area (Å²) >= 11 is 0. The molecule has 0 aliphatic carbocycles. The molecule has 0 radical (unpaired) electrons. The van der Waals surface area contributed by atoms with Crippen molar-refractivity contribution in [3.8, 4) is 11.5 Å². The standard InChI is InChI=1S/C9H13NO4/c1-2-13-5-6-14-7-3-4-10-9(12)8(7)11/h3-4,11H,2,5-6H2,1H3,(H,10,12). The number of aromatic hydroxyl groups is 1. The third-order valence-corrected chi connectivity index (χ3v) is 1.59. The number of pyridine rings is 1. The Bertz CT molecular complexity index is 334. The number of aromatic nitrogens is 1. The molecule has 0 saturated heterocycles. The molecule has 14 heavy (non-hydrogen) atoms. The van der Waals surface area contributed by atoms with Crippen LogP contribution in [-0.2, 0) is 4.74 Å². The van der Waals surface area contributed by atoms with Gasteiger partial charge in [0.05, 0.1) is 6.61 Å². The summed E-state index contributed by atoms with van der Waals surface area (Å²) in [5.41, 5.74) is -0.557. The maximum atomic E-state index is 10.9. The third kappa shape index (κ3) is 2.77. The van der Waals surface area contributed by atoms with Crippen molar-refractivity contribution in [1.29, 1.82) is 0 Å². The highest BCUT2D eigenvalue weighted by Gasteiger charge is 2.04. The summed E-state index contributed by atoms with van der Waals surface area (Å²) in [6, 6.07) is 1.49. The SMILES string of the molecule is CCOCCOc1cc[nH]c(=O)c1O. The van der Waals surface area contributed by atoms with Crippen molar-refractivity contribution in [3.63, 3.8) is 0 Å². The molecule has 0 saturated carbocycles. The van der Waals surface area contributed by atoms with E-state index in [1.807, 2.05) is 6.92 Å². The van der Waals surface area contributed by atoms with Crippen LogP contribution in [0.2, 0.25) is 0 Å². The first kappa shape index (κ1) is 10.6. The van der Waals surface area contributed by atoms with Crippen molar-refractivity contribution in [2.24, 2.45) is 0 Å². The first-order chi connectivity index (χ1) is 6.75. The monoisotopic (exact) mass is 199 g/mol. The van der Waals surface area contributed by atoms with Crippen LogP contribution < -0.4 is 10.3 Å². The quantitative estimate of drug-likeness (QED) is 0.677. The predicted octanol–water partition coefficient (Wildman–Crippen LogP) is 0.496. The van der Waals surface area contributed by atoms with E-state index in [9.17, 15) is 9.90 Å². The van der Waals surface area contributed by atoms with Gasteiger partial charge in [0.2, 0.25) is 5.75 Å². The van der Waals surface area contributed by atoms with Crippen LogP contribution in [0.15, 0.2) is 17.1 Å². The molecule has 2 N–H and O–H groups in total. The second-order valence-corrected chi connectivity index (χ2v) is 2.57. The van der Waals surface area contributed by atoms with Crippen LogP contribution in [0.5, 0.6) is 11.5 Å². The van der Waals surface area contributed by atoms with Crippen molar-refractivity contribution in [3.05, 3.63) is 22.6 Å². The zero-order chi connectivity index (χ0) is 10.4. The van der Waals surface area contributed by atoms with Gasteiger partial charge in [-0.15, -0.1) is 0 Å². The van der Waals surface area contributed by atoms with E-state index in [0.717, 1.165) is 0 Å². The first-order valence-electron chi connectivity index (χ1n) is 4.37. The Hall–Kier alpha value is -1.49. The summed E-state index contributed by atoms with van der Waals surface area (Å²) in [5, 5.41) is 9.24. The van der Waals surface area contributed by atoms with Gasteiger partial charge in [0, 0.05) is 18.9 Å². The summed E-state index contributed by atoms with van der Waals surface area (Å²) in [6.07, 6.45) is 1.41. The second kappa shape index (κ2) is 5.29. The van der Waals surface area contributed by atoms with Crippen LogP contribution in [0, 0.1) is 0 Å². The molecule has 1 aromatic rings. The average Bonchev–Trinajstić information content (AvgIpc) is 2.19. The molecule has 0 aliphatic rings. The van der Waals surface area contributed by atoms with Crippen molar-refractivity contribution < 1.29 is 14.6 Å². The Morgan fingerprint density at radius 2 is 2.29 bits per heavy atom. The smallest absolute Gasteiger partial charge is 0.294 e. The first-order valence-corrected chi connectivity index (χ1v) is 4.37. The molecular weight excluding hydrogens is 186 g/mol. The zero-order valence-electron chi connectivity index (χ0n) is 7.95. The van der Waals surface area contributed by atoms with E-state index in [1.54, 1.807) is 0 Å². The lowest BCUT2D eigenvalue weighted by Gasteiger charge is -2.06. The van der Waals surface area contributed by atoms with Crippen molar-refractivity contribution in [1.82, 2.24) is 4.98 Å². The number of hydrogen-bond acceptors (Lipinski definition) is 4. The highest BCUT2D eigenvalue weighted by molar-refractivity contribution is 5.34. The van der Waals surface area contributed by atoms with Crippen LogP contribution in [0.4, 0.5) is 0 Å². The molecule has 0 bridgehead atoms. The number of hydrogen-bond donors (Lipinski definition) is 2. The highest BCUT2D eigenvalue weighted by atomic mass is 16.5. The molecule has 0 aliphatic heterocycles. The molecule has 0 fully saturated rings. The average molecular weight is 199 g/mol. The number of H-pyrrole nitrogens is 1. The lowest BCUT2D eigenvalue weighted by Crippen LogP contribution is -2.10.